The minimum absolute atomic E-state index is 0.198. The molecule has 0 spiro atoms. The lowest BCUT2D eigenvalue weighted by Gasteiger charge is -2.05. The Labute approximate surface area is 99.8 Å². The Kier molecular flexibility index (Phi) is 2.87. The molecule has 0 saturated carbocycles. The van der Waals surface area contributed by atoms with Crippen LogP contribution in [0.5, 0.6) is 0 Å². The second kappa shape index (κ2) is 4.17. The van der Waals surface area contributed by atoms with Gasteiger partial charge in [-0.05, 0) is 18.2 Å². The van der Waals surface area contributed by atoms with Crippen LogP contribution in [0.1, 0.15) is 10.4 Å². The van der Waals surface area contributed by atoms with Crippen LogP contribution >= 0.6 is 15.9 Å². The van der Waals surface area contributed by atoms with Crippen molar-refractivity contribution in [3.63, 3.8) is 0 Å². The molecule has 0 unspecified atom stereocenters. The van der Waals surface area contributed by atoms with Crippen molar-refractivity contribution in [3.8, 4) is 0 Å². The average molecular weight is 283 g/mol. The highest BCUT2D eigenvalue weighted by Crippen LogP contribution is 2.24. The van der Waals surface area contributed by atoms with Gasteiger partial charge in [-0.2, -0.15) is 0 Å². The molecule has 3 nitrogen and oxygen atoms in total. The minimum Gasteiger partial charge on any atom is -0.355 e. The van der Waals surface area contributed by atoms with Gasteiger partial charge in [0.2, 0.25) is 0 Å². The summed E-state index contributed by atoms with van der Waals surface area (Å²) in [7, 11) is 1.53. The van der Waals surface area contributed by atoms with Crippen molar-refractivity contribution < 1.29 is 9.18 Å². The summed E-state index contributed by atoms with van der Waals surface area (Å²) in [5.41, 5.74) is 0.608. The van der Waals surface area contributed by atoms with Crippen LogP contribution < -0.4 is 5.32 Å². The Morgan fingerprint density at radius 3 is 2.94 bits per heavy atom. The first-order valence-electron chi connectivity index (χ1n) is 4.59. The Morgan fingerprint density at radius 1 is 1.50 bits per heavy atom. The molecule has 1 amide bonds. The molecule has 0 aliphatic heterocycles. The van der Waals surface area contributed by atoms with Crippen LogP contribution in [0.25, 0.3) is 10.9 Å². The van der Waals surface area contributed by atoms with Crippen molar-refractivity contribution in [2.24, 2.45) is 0 Å². The molecule has 0 fully saturated rings. The van der Waals surface area contributed by atoms with Crippen LogP contribution in [-0.2, 0) is 0 Å². The fourth-order valence-corrected chi connectivity index (χ4v) is 1.94. The maximum atomic E-state index is 13.6. The predicted octanol–water partition coefficient (Wildman–Crippen LogP) is 2.50. The molecule has 0 aliphatic carbocycles. The molecule has 82 valence electrons. The van der Waals surface area contributed by atoms with Gasteiger partial charge in [-0.25, -0.2) is 4.39 Å². The zero-order valence-electron chi connectivity index (χ0n) is 8.42. The van der Waals surface area contributed by atoms with E-state index in [0.717, 1.165) is 0 Å². The van der Waals surface area contributed by atoms with E-state index in [1.165, 1.54) is 19.3 Å². The maximum Gasteiger partial charge on any atom is 0.251 e. The van der Waals surface area contributed by atoms with Crippen molar-refractivity contribution in [3.05, 3.63) is 40.2 Å². The number of amides is 1. The fraction of sp³-hybridized carbons (Fsp3) is 0.0909. The summed E-state index contributed by atoms with van der Waals surface area (Å²) >= 11 is 3.19. The molecular weight excluding hydrogens is 275 g/mol. The monoisotopic (exact) mass is 282 g/mol. The van der Waals surface area contributed by atoms with Crippen LogP contribution in [0.3, 0.4) is 0 Å². The van der Waals surface area contributed by atoms with E-state index in [-0.39, 0.29) is 11.4 Å². The summed E-state index contributed by atoms with van der Waals surface area (Å²) in [4.78, 5) is 15.5. The lowest BCUT2D eigenvalue weighted by molar-refractivity contribution is 0.0964. The van der Waals surface area contributed by atoms with E-state index in [9.17, 15) is 9.18 Å². The predicted molar refractivity (Wildman–Crippen MR) is 62.8 cm³/mol. The molecule has 1 N–H and O–H groups in total. The molecule has 1 heterocycles. The van der Waals surface area contributed by atoms with E-state index < -0.39 is 5.82 Å². The smallest absolute Gasteiger partial charge is 0.251 e. The molecule has 0 aliphatic rings. The third kappa shape index (κ3) is 1.78. The Morgan fingerprint density at radius 2 is 2.25 bits per heavy atom. The van der Waals surface area contributed by atoms with E-state index in [1.807, 2.05) is 0 Å². The van der Waals surface area contributed by atoms with E-state index in [0.29, 0.717) is 15.4 Å². The van der Waals surface area contributed by atoms with E-state index >= 15 is 0 Å². The van der Waals surface area contributed by atoms with Gasteiger partial charge in [0.1, 0.15) is 5.52 Å². The van der Waals surface area contributed by atoms with Gasteiger partial charge in [0.25, 0.3) is 5.91 Å². The van der Waals surface area contributed by atoms with Gasteiger partial charge >= 0.3 is 0 Å². The summed E-state index contributed by atoms with van der Waals surface area (Å²) in [6.07, 6.45) is 1.42. The SMILES string of the molecule is CNC(=O)c1ccnc2c(F)cc(Br)cc12. The zero-order valence-corrected chi connectivity index (χ0v) is 10.0. The third-order valence-electron chi connectivity index (χ3n) is 2.23. The number of hydrogen-bond acceptors (Lipinski definition) is 2. The molecule has 0 saturated heterocycles. The topological polar surface area (TPSA) is 42.0 Å². The van der Waals surface area contributed by atoms with E-state index in [2.05, 4.69) is 26.2 Å². The lowest BCUT2D eigenvalue weighted by atomic mass is 10.1. The summed E-state index contributed by atoms with van der Waals surface area (Å²) in [5.74, 6) is -0.708. The van der Waals surface area contributed by atoms with Crippen LogP contribution in [0, 0.1) is 5.82 Å². The number of pyridine rings is 1. The summed E-state index contributed by atoms with van der Waals surface area (Å²) < 4.78 is 14.1. The largest absolute Gasteiger partial charge is 0.355 e. The highest BCUT2D eigenvalue weighted by atomic mass is 79.9. The zero-order chi connectivity index (χ0) is 11.7. The van der Waals surface area contributed by atoms with Gasteiger partial charge < -0.3 is 5.32 Å². The Bertz CT molecular complexity index is 571. The molecule has 2 aromatic rings. The molecule has 0 radical (unpaired) electrons. The van der Waals surface area contributed by atoms with Crippen molar-refractivity contribution in [1.29, 1.82) is 0 Å². The summed E-state index contributed by atoms with van der Waals surface area (Å²) in [6.45, 7) is 0. The molecule has 1 aromatic carbocycles. The molecule has 2 rings (SSSR count). The number of carbonyl (C=O) groups excluding carboxylic acids is 1. The number of rotatable bonds is 1. The van der Waals surface area contributed by atoms with Crippen LogP contribution in [0.4, 0.5) is 4.39 Å². The number of carbonyl (C=O) groups is 1. The second-order valence-corrected chi connectivity index (χ2v) is 4.14. The van der Waals surface area contributed by atoms with Crippen LogP contribution in [0.2, 0.25) is 0 Å². The molecule has 1 aromatic heterocycles. The number of halogens is 2. The quantitative estimate of drug-likeness (QED) is 0.873. The molecule has 5 heteroatoms. The summed E-state index contributed by atoms with van der Waals surface area (Å²) in [6, 6.07) is 4.56. The lowest BCUT2D eigenvalue weighted by Crippen LogP contribution is -2.18. The first kappa shape index (κ1) is 11.0. The highest BCUT2D eigenvalue weighted by molar-refractivity contribution is 9.10. The normalized spacial score (nSPS) is 10.4. The van der Waals surface area contributed by atoms with E-state index in [4.69, 9.17) is 0 Å². The van der Waals surface area contributed by atoms with Crippen molar-refractivity contribution >= 4 is 32.7 Å². The van der Waals surface area contributed by atoms with Gasteiger partial charge in [0.05, 0.1) is 5.56 Å². The molecule has 16 heavy (non-hydrogen) atoms. The molecule has 0 bridgehead atoms. The Balaban J connectivity index is 2.81. The highest BCUT2D eigenvalue weighted by Gasteiger charge is 2.12. The number of fused-ring (bicyclic) bond motifs is 1. The van der Waals surface area contributed by atoms with Crippen molar-refractivity contribution in [1.82, 2.24) is 10.3 Å². The number of benzene rings is 1. The van der Waals surface area contributed by atoms with Gasteiger partial charge in [-0.1, -0.05) is 15.9 Å². The maximum absolute atomic E-state index is 13.6. The standard InChI is InChI=1S/C11H8BrFN2O/c1-14-11(16)7-2-3-15-10-8(7)4-6(12)5-9(10)13/h2-5H,1H3,(H,14,16). The van der Waals surface area contributed by atoms with E-state index in [1.54, 1.807) is 12.1 Å². The van der Waals surface area contributed by atoms with Gasteiger partial charge in [-0.15, -0.1) is 0 Å². The number of nitrogens with one attached hydrogen (secondary N) is 1. The van der Waals surface area contributed by atoms with Crippen LogP contribution in [0.15, 0.2) is 28.9 Å². The van der Waals surface area contributed by atoms with Gasteiger partial charge in [0.15, 0.2) is 5.82 Å². The average Bonchev–Trinajstić information content (AvgIpc) is 2.27. The number of aromatic nitrogens is 1. The number of hydrogen-bond donors (Lipinski definition) is 1. The second-order valence-electron chi connectivity index (χ2n) is 3.22. The fourth-order valence-electron chi connectivity index (χ4n) is 1.51. The van der Waals surface area contributed by atoms with Crippen molar-refractivity contribution in [2.75, 3.05) is 7.05 Å². The van der Waals surface area contributed by atoms with Crippen molar-refractivity contribution in [2.45, 2.75) is 0 Å². The number of nitrogens with zero attached hydrogens (tertiary/aromatic N) is 1. The van der Waals surface area contributed by atoms with Crippen LogP contribution in [-0.4, -0.2) is 17.9 Å². The van der Waals surface area contributed by atoms with Gasteiger partial charge in [0, 0.05) is 23.1 Å². The molecular formula is C11H8BrFN2O. The first-order valence-corrected chi connectivity index (χ1v) is 5.38. The molecule has 0 atom stereocenters. The van der Waals surface area contributed by atoms with Gasteiger partial charge in [-0.3, -0.25) is 9.78 Å². The Hall–Kier alpha value is -1.49. The third-order valence-corrected chi connectivity index (χ3v) is 2.69. The summed E-state index contributed by atoms with van der Waals surface area (Å²) in [5, 5.41) is 3.00. The minimum atomic E-state index is -0.449. The first-order chi connectivity index (χ1) is 7.63.